The molecule has 8 rings (SSSR count). The number of aliphatic hydroxyl groups is 2. The number of fused-ring (bicyclic) bond motifs is 2. The van der Waals surface area contributed by atoms with Crippen LogP contribution < -0.4 is 40.1 Å². The van der Waals surface area contributed by atoms with Gasteiger partial charge in [-0.05, 0) is 62.9 Å². The van der Waals surface area contributed by atoms with Gasteiger partial charge in [-0.25, -0.2) is 9.97 Å². The summed E-state index contributed by atoms with van der Waals surface area (Å²) in [5, 5.41) is 42.2. The van der Waals surface area contributed by atoms with Crippen LogP contribution in [-0.2, 0) is 0 Å². The van der Waals surface area contributed by atoms with Crippen LogP contribution in [0.25, 0.3) is 33.2 Å². The SMILES string of the molecule is COc1cc(ONCCCC2C(O)=C(c3nc4ccccc4[nH]3)C(=N)N2c2cc(OC)cc(OC)c2)cc(N2C(=N)C(c3nc4ccccc4[nH]3)=C(O)C2CCCCN)c1. The first kappa shape index (κ1) is 39.8. The molecule has 4 aromatic carbocycles. The number of methoxy groups -OCH3 is 3. The molecule has 2 aromatic heterocycles. The highest BCUT2D eigenvalue weighted by Gasteiger charge is 2.41. The van der Waals surface area contributed by atoms with Gasteiger partial charge in [0.15, 0.2) is 5.75 Å². The lowest BCUT2D eigenvalue weighted by Crippen LogP contribution is -2.36. The molecule has 0 saturated heterocycles. The fourth-order valence-electron chi connectivity index (χ4n) is 7.92. The minimum atomic E-state index is -0.610. The van der Waals surface area contributed by atoms with Gasteiger partial charge in [0.1, 0.15) is 52.1 Å². The maximum atomic E-state index is 11.8. The number of aliphatic hydroxyl groups excluding tert-OH is 2. The molecular formula is C44H48N10O6. The molecule has 16 nitrogen and oxygen atoms in total. The summed E-state index contributed by atoms with van der Waals surface area (Å²) in [7, 11) is 4.69. The Hall–Kier alpha value is -7.04. The Kier molecular flexibility index (Phi) is 11.3. The van der Waals surface area contributed by atoms with Crippen LogP contribution in [0, 0.1) is 10.8 Å². The van der Waals surface area contributed by atoms with Crippen molar-refractivity contribution in [3.63, 3.8) is 0 Å². The third kappa shape index (κ3) is 7.53. The predicted molar refractivity (Wildman–Crippen MR) is 233 cm³/mol. The average Bonchev–Trinajstić information content (AvgIpc) is 4.00. The fraction of sp³-hybridized carbons (Fsp3) is 0.273. The number of rotatable bonds is 17. The van der Waals surface area contributed by atoms with E-state index in [1.807, 2.05) is 48.5 Å². The number of anilines is 2. The van der Waals surface area contributed by atoms with Crippen molar-refractivity contribution in [3.05, 3.63) is 108 Å². The van der Waals surface area contributed by atoms with Gasteiger partial charge in [0.05, 0.1) is 78.0 Å². The summed E-state index contributed by atoms with van der Waals surface area (Å²) in [6.07, 6.45) is 3.03. The predicted octanol–water partition coefficient (Wildman–Crippen LogP) is 7.23. The first-order valence-corrected chi connectivity index (χ1v) is 19.8. The Labute approximate surface area is 346 Å². The lowest BCUT2D eigenvalue weighted by molar-refractivity contribution is 0.192. The highest BCUT2D eigenvalue weighted by Crippen LogP contribution is 2.41. The number of benzene rings is 4. The van der Waals surface area contributed by atoms with Crippen LogP contribution in [0.4, 0.5) is 11.4 Å². The van der Waals surface area contributed by atoms with E-state index in [1.54, 1.807) is 67.5 Å². The van der Waals surface area contributed by atoms with Crippen molar-refractivity contribution in [2.24, 2.45) is 5.73 Å². The van der Waals surface area contributed by atoms with Gasteiger partial charge in [0.2, 0.25) is 0 Å². The Morgan fingerprint density at radius 3 is 1.57 bits per heavy atom. The van der Waals surface area contributed by atoms with Crippen molar-refractivity contribution in [3.8, 4) is 23.0 Å². The first-order valence-electron chi connectivity index (χ1n) is 19.8. The number of amidine groups is 2. The molecule has 2 atom stereocenters. The lowest BCUT2D eigenvalue weighted by atomic mass is 10.1. The minimum Gasteiger partial charge on any atom is -0.509 e. The molecule has 4 heterocycles. The highest BCUT2D eigenvalue weighted by atomic mass is 16.6. The molecule has 0 radical (unpaired) electrons. The van der Waals surface area contributed by atoms with Crippen LogP contribution in [0.2, 0.25) is 0 Å². The Morgan fingerprint density at radius 2 is 1.10 bits per heavy atom. The number of imidazole rings is 2. The molecule has 310 valence electrons. The van der Waals surface area contributed by atoms with Crippen molar-refractivity contribution in [2.45, 2.75) is 44.2 Å². The zero-order valence-corrected chi connectivity index (χ0v) is 33.6. The molecule has 2 unspecified atom stereocenters. The van der Waals surface area contributed by atoms with E-state index in [-0.39, 0.29) is 23.2 Å². The highest BCUT2D eigenvalue weighted by molar-refractivity contribution is 6.31. The van der Waals surface area contributed by atoms with E-state index in [4.69, 9.17) is 34.7 Å². The smallest absolute Gasteiger partial charge is 0.152 e. The van der Waals surface area contributed by atoms with Crippen LogP contribution in [0.15, 0.2) is 96.4 Å². The third-order valence-corrected chi connectivity index (χ3v) is 10.8. The van der Waals surface area contributed by atoms with E-state index in [1.165, 1.54) is 0 Å². The molecule has 16 heteroatoms. The Bertz CT molecular complexity index is 2540. The number of para-hydroxylation sites is 4. The molecule has 0 aliphatic carbocycles. The zero-order valence-electron chi connectivity index (χ0n) is 33.6. The maximum absolute atomic E-state index is 11.8. The topological polar surface area (TPSA) is 227 Å². The average molecular weight is 813 g/mol. The van der Waals surface area contributed by atoms with E-state index in [9.17, 15) is 21.0 Å². The number of aromatic nitrogens is 4. The fourth-order valence-corrected chi connectivity index (χ4v) is 7.92. The third-order valence-electron chi connectivity index (χ3n) is 10.8. The van der Waals surface area contributed by atoms with Crippen LogP contribution in [0.5, 0.6) is 23.0 Å². The second kappa shape index (κ2) is 17.1. The number of nitrogens with zero attached hydrogens (tertiary/aromatic N) is 4. The van der Waals surface area contributed by atoms with Gasteiger partial charge >= 0.3 is 0 Å². The number of unbranched alkanes of at least 4 members (excludes halogenated alkanes) is 1. The number of hydroxylamine groups is 1. The monoisotopic (exact) mass is 812 g/mol. The molecule has 0 bridgehead atoms. The van der Waals surface area contributed by atoms with Crippen LogP contribution in [-0.4, -0.2) is 88.3 Å². The van der Waals surface area contributed by atoms with Crippen LogP contribution >= 0.6 is 0 Å². The largest absolute Gasteiger partial charge is 0.509 e. The van der Waals surface area contributed by atoms with E-state index in [0.717, 1.165) is 34.9 Å². The Morgan fingerprint density at radius 1 is 0.650 bits per heavy atom. The van der Waals surface area contributed by atoms with Gasteiger partial charge in [0.25, 0.3) is 0 Å². The number of nitrogens with two attached hydrogens (primary N) is 1. The van der Waals surface area contributed by atoms with Crippen molar-refractivity contribution in [1.82, 2.24) is 25.4 Å². The molecule has 9 N–H and O–H groups in total. The summed E-state index contributed by atoms with van der Waals surface area (Å²) in [6.45, 7) is 0.891. The number of hydrogen-bond donors (Lipinski definition) is 8. The normalized spacial score (nSPS) is 16.9. The summed E-state index contributed by atoms with van der Waals surface area (Å²) < 4.78 is 16.8. The summed E-state index contributed by atoms with van der Waals surface area (Å²) in [5.41, 5.74) is 13.8. The van der Waals surface area contributed by atoms with Gasteiger partial charge in [0, 0.05) is 42.9 Å². The Balaban J connectivity index is 1.01. The summed E-state index contributed by atoms with van der Waals surface area (Å²) in [4.78, 5) is 25.6. The maximum Gasteiger partial charge on any atom is 0.152 e. The second-order valence-corrected chi connectivity index (χ2v) is 14.6. The first-order chi connectivity index (χ1) is 29.2. The van der Waals surface area contributed by atoms with Gasteiger partial charge in [-0.15, -0.1) is 0 Å². The number of aromatic amines is 2. The molecular weight excluding hydrogens is 765 g/mol. The van der Waals surface area contributed by atoms with Gasteiger partial charge in [-0.2, -0.15) is 5.48 Å². The standard InChI is InChI=1S/C44H48N10O6/c1-57-27-19-25(20-28(23-27)58-2)53-36(40(56)38(41(53)46)44-51-33-13-6-7-14-34(33)52-44)16-10-18-48-60-30-22-26(21-29(24-30)59-3)54-35(15-8-9-17-45)39(55)37(42(54)47)43-49-31-11-4-5-12-32(31)50-43/h4-7,11-14,19-24,35-36,46-48,55-56H,8-10,15-18,45H2,1-3H3,(H,49,50)(H,51,52). The number of ether oxygens (including phenoxy) is 3. The van der Waals surface area contributed by atoms with E-state index in [2.05, 4.69) is 15.4 Å². The van der Waals surface area contributed by atoms with Crippen LogP contribution in [0.1, 0.15) is 43.8 Å². The van der Waals surface area contributed by atoms with Crippen molar-refractivity contribution < 1.29 is 29.3 Å². The zero-order chi connectivity index (χ0) is 41.9. The van der Waals surface area contributed by atoms with Gasteiger partial charge < -0.3 is 54.8 Å². The number of nitrogens with one attached hydrogen (secondary N) is 5. The molecule has 2 aliphatic heterocycles. The van der Waals surface area contributed by atoms with Gasteiger partial charge in [-0.1, -0.05) is 24.3 Å². The molecule has 60 heavy (non-hydrogen) atoms. The molecule has 0 fully saturated rings. The van der Waals surface area contributed by atoms with Crippen molar-refractivity contribution >= 4 is 56.3 Å². The summed E-state index contributed by atoms with van der Waals surface area (Å²) in [5.74, 6) is 3.08. The molecule has 6 aromatic rings. The molecule has 2 aliphatic rings. The van der Waals surface area contributed by atoms with Crippen molar-refractivity contribution in [1.29, 1.82) is 10.8 Å². The van der Waals surface area contributed by atoms with E-state index in [0.29, 0.717) is 89.5 Å². The van der Waals surface area contributed by atoms with E-state index < -0.39 is 12.1 Å². The number of H-pyrrole nitrogens is 2. The molecule has 0 amide bonds. The molecule has 0 spiro atoms. The summed E-state index contributed by atoms with van der Waals surface area (Å²) >= 11 is 0. The van der Waals surface area contributed by atoms with E-state index >= 15 is 0 Å². The second-order valence-electron chi connectivity index (χ2n) is 14.6. The van der Waals surface area contributed by atoms with Gasteiger partial charge in [-0.3, -0.25) is 10.8 Å². The quantitative estimate of drug-likeness (QED) is 0.0337. The summed E-state index contributed by atoms with van der Waals surface area (Å²) in [6, 6.07) is 24.7. The minimum absolute atomic E-state index is 0.0205. The van der Waals surface area contributed by atoms with Crippen molar-refractivity contribution in [2.75, 3.05) is 44.2 Å². The lowest BCUT2D eigenvalue weighted by Gasteiger charge is -2.28. The number of hydrogen-bond acceptors (Lipinski definition) is 12. The molecule has 0 saturated carbocycles. The van der Waals surface area contributed by atoms with Crippen LogP contribution in [0.3, 0.4) is 0 Å².